The standard InChI is InChI=1S/C17H19N3O/c1-17(2,3)15-9-16-18-10-13(11-20(16)19-15)12-5-7-14(21-4)8-6-12/h5-11H,1-4H3. The van der Waals surface area contributed by atoms with Crippen molar-refractivity contribution in [1.82, 2.24) is 14.6 Å². The lowest BCUT2D eigenvalue weighted by Crippen LogP contribution is -2.11. The minimum atomic E-state index is 0.0218. The smallest absolute Gasteiger partial charge is 0.155 e. The molecule has 0 N–H and O–H groups in total. The van der Waals surface area contributed by atoms with Crippen LogP contribution in [0.15, 0.2) is 42.7 Å². The SMILES string of the molecule is COc1ccc(-c2cnc3cc(C(C)(C)C)nn3c2)cc1. The highest BCUT2D eigenvalue weighted by Gasteiger charge is 2.18. The molecule has 4 nitrogen and oxygen atoms in total. The quantitative estimate of drug-likeness (QED) is 0.719. The van der Waals surface area contributed by atoms with Crippen LogP contribution >= 0.6 is 0 Å². The fraction of sp³-hybridized carbons (Fsp3) is 0.294. The number of methoxy groups -OCH3 is 1. The molecule has 4 heteroatoms. The van der Waals surface area contributed by atoms with Crippen LogP contribution in [0.1, 0.15) is 26.5 Å². The van der Waals surface area contributed by atoms with Crippen LogP contribution in [0, 0.1) is 0 Å². The van der Waals surface area contributed by atoms with Crippen LogP contribution < -0.4 is 4.74 Å². The molecule has 3 rings (SSSR count). The summed E-state index contributed by atoms with van der Waals surface area (Å²) < 4.78 is 7.03. The minimum Gasteiger partial charge on any atom is -0.497 e. The van der Waals surface area contributed by atoms with Crippen LogP contribution in [-0.2, 0) is 5.41 Å². The Hall–Kier alpha value is -2.36. The molecule has 0 unspecified atom stereocenters. The van der Waals surface area contributed by atoms with E-state index in [0.717, 1.165) is 28.2 Å². The van der Waals surface area contributed by atoms with Gasteiger partial charge in [0.2, 0.25) is 0 Å². The maximum absolute atomic E-state index is 5.18. The molecule has 0 saturated heterocycles. The van der Waals surface area contributed by atoms with Crippen molar-refractivity contribution in [3.8, 4) is 16.9 Å². The zero-order valence-corrected chi connectivity index (χ0v) is 12.8. The molecule has 2 aromatic heterocycles. The van der Waals surface area contributed by atoms with Crippen molar-refractivity contribution in [2.24, 2.45) is 0 Å². The molecule has 0 aliphatic rings. The molecule has 108 valence electrons. The lowest BCUT2D eigenvalue weighted by Gasteiger charge is -2.13. The van der Waals surface area contributed by atoms with E-state index in [4.69, 9.17) is 4.74 Å². The van der Waals surface area contributed by atoms with Crippen molar-refractivity contribution in [1.29, 1.82) is 0 Å². The van der Waals surface area contributed by atoms with E-state index in [1.54, 1.807) is 7.11 Å². The van der Waals surface area contributed by atoms with Gasteiger partial charge in [-0.1, -0.05) is 32.9 Å². The Balaban J connectivity index is 2.03. The van der Waals surface area contributed by atoms with Crippen LogP contribution in [-0.4, -0.2) is 21.7 Å². The number of benzene rings is 1. The number of aromatic nitrogens is 3. The van der Waals surface area contributed by atoms with E-state index in [1.165, 1.54) is 0 Å². The van der Waals surface area contributed by atoms with Gasteiger partial charge in [-0.15, -0.1) is 0 Å². The van der Waals surface area contributed by atoms with Gasteiger partial charge in [0, 0.05) is 29.4 Å². The highest BCUT2D eigenvalue weighted by molar-refractivity contribution is 5.63. The Labute approximate surface area is 124 Å². The first kappa shape index (κ1) is 13.6. The maximum atomic E-state index is 5.18. The van der Waals surface area contributed by atoms with Crippen LogP contribution in [0.2, 0.25) is 0 Å². The first-order valence-corrected chi connectivity index (χ1v) is 6.98. The number of rotatable bonds is 2. The fourth-order valence-electron chi connectivity index (χ4n) is 2.18. The van der Waals surface area contributed by atoms with Gasteiger partial charge in [0.25, 0.3) is 0 Å². The molecule has 0 amide bonds. The number of fused-ring (bicyclic) bond motifs is 1. The topological polar surface area (TPSA) is 39.4 Å². The van der Waals surface area contributed by atoms with Gasteiger partial charge in [-0.05, 0) is 17.7 Å². The maximum Gasteiger partial charge on any atom is 0.155 e. The van der Waals surface area contributed by atoms with Crippen LogP contribution in [0.5, 0.6) is 5.75 Å². The van der Waals surface area contributed by atoms with Gasteiger partial charge in [-0.2, -0.15) is 5.10 Å². The fourth-order valence-corrected chi connectivity index (χ4v) is 2.18. The van der Waals surface area contributed by atoms with Gasteiger partial charge in [0.05, 0.1) is 12.8 Å². The molecule has 2 heterocycles. The van der Waals surface area contributed by atoms with Crippen LogP contribution in [0.25, 0.3) is 16.8 Å². The van der Waals surface area contributed by atoms with Crippen LogP contribution in [0.4, 0.5) is 0 Å². The van der Waals surface area contributed by atoms with Crippen LogP contribution in [0.3, 0.4) is 0 Å². The van der Waals surface area contributed by atoms with Gasteiger partial charge < -0.3 is 4.74 Å². The summed E-state index contributed by atoms with van der Waals surface area (Å²) in [5.41, 5.74) is 4.07. The van der Waals surface area contributed by atoms with Gasteiger partial charge >= 0.3 is 0 Å². The predicted molar refractivity (Wildman–Crippen MR) is 83.7 cm³/mol. The molecule has 0 spiro atoms. The third-order valence-electron chi connectivity index (χ3n) is 3.51. The molecule has 21 heavy (non-hydrogen) atoms. The summed E-state index contributed by atoms with van der Waals surface area (Å²) in [5.74, 6) is 0.849. The Kier molecular flexibility index (Phi) is 3.16. The Morgan fingerprint density at radius 2 is 1.76 bits per heavy atom. The van der Waals surface area contributed by atoms with E-state index < -0.39 is 0 Å². The third kappa shape index (κ3) is 2.61. The lowest BCUT2D eigenvalue weighted by molar-refractivity contribution is 0.415. The second-order valence-corrected chi connectivity index (χ2v) is 6.15. The van der Waals surface area contributed by atoms with Gasteiger partial charge in [0.1, 0.15) is 5.75 Å². The van der Waals surface area contributed by atoms with E-state index in [2.05, 4.69) is 30.9 Å². The highest BCUT2D eigenvalue weighted by atomic mass is 16.5. The monoisotopic (exact) mass is 281 g/mol. The molecule has 0 aliphatic carbocycles. The number of ether oxygens (including phenoxy) is 1. The summed E-state index contributed by atoms with van der Waals surface area (Å²) in [4.78, 5) is 4.50. The second kappa shape index (κ2) is 4.88. The molecular weight excluding hydrogens is 262 g/mol. The highest BCUT2D eigenvalue weighted by Crippen LogP contribution is 2.24. The zero-order chi connectivity index (χ0) is 15.0. The van der Waals surface area contributed by atoms with E-state index >= 15 is 0 Å². The summed E-state index contributed by atoms with van der Waals surface area (Å²) in [6.07, 6.45) is 3.89. The molecule has 0 radical (unpaired) electrons. The third-order valence-corrected chi connectivity index (χ3v) is 3.51. The number of hydrogen-bond acceptors (Lipinski definition) is 3. The van der Waals surface area contributed by atoms with Crippen molar-refractivity contribution < 1.29 is 4.74 Å². The Bertz CT molecular complexity index is 767. The molecule has 0 fully saturated rings. The van der Waals surface area contributed by atoms with Crippen molar-refractivity contribution >= 4 is 5.65 Å². The van der Waals surface area contributed by atoms with E-state index in [0.29, 0.717) is 0 Å². The van der Waals surface area contributed by atoms with Crippen molar-refractivity contribution in [3.05, 3.63) is 48.4 Å². The van der Waals surface area contributed by atoms with Crippen molar-refractivity contribution in [2.45, 2.75) is 26.2 Å². The summed E-state index contributed by atoms with van der Waals surface area (Å²) >= 11 is 0. The van der Waals surface area contributed by atoms with Crippen molar-refractivity contribution in [2.75, 3.05) is 7.11 Å². The van der Waals surface area contributed by atoms with Gasteiger partial charge in [-0.3, -0.25) is 0 Å². The summed E-state index contributed by atoms with van der Waals surface area (Å²) in [6.45, 7) is 6.46. The number of hydrogen-bond donors (Lipinski definition) is 0. The molecule has 3 aromatic rings. The first-order valence-electron chi connectivity index (χ1n) is 6.98. The molecule has 0 bridgehead atoms. The first-order chi connectivity index (χ1) is 9.97. The van der Waals surface area contributed by atoms with Gasteiger partial charge in [-0.25, -0.2) is 9.50 Å². The zero-order valence-electron chi connectivity index (χ0n) is 12.8. The van der Waals surface area contributed by atoms with Crippen molar-refractivity contribution in [3.63, 3.8) is 0 Å². The summed E-state index contributed by atoms with van der Waals surface area (Å²) in [5, 5.41) is 4.63. The summed E-state index contributed by atoms with van der Waals surface area (Å²) in [7, 11) is 1.67. The molecule has 0 saturated carbocycles. The van der Waals surface area contributed by atoms with E-state index in [1.807, 2.05) is 47.2 Å². The molecule has 0 aliphatic heterocycles. The Morgan fingerprint density at radius 1 is 1.05 bits per heavy atom. The lowest BCUT2D eigenvalue weighted by atomic mass is 9.93. The molecule has 0 atom stereocenters. The minimum absolute atomic E-state index is 0.0218. The van der Waals surface area contributed by atoms with Gasteiger partial charge in [0.15, 0.2) is 5.65 Å². The predicted octanol–water partition coefficient (Wildman–Crippen LogP) is 3.70. The van der Waals surface area contributed by atoms with E-state index in [9.17, 15) is 0 Å². The molecule has 1 aromatic carbocycles. The normalized spacial score (nSPS) is 11.8. The molecular formula is C17H19N3O. The number of nitrogens with zero attached hydrogens (tertiary/aromatic N) is 3. The summed E-state index contributed by atoms with van der Waals surface area (Å²) in [6, 6.07) is 9.98. The van der Waals surface area contributed by atoms with E-state index in [-0.39, 0.29) is 5.41 Å². The largest absolute Gasteiger partial charge is 0.497 e. The average Bonchev–Trinajstić information content (AvgIpc) is 2.90. The Morgan fingerprint density at radius 3 is 2.38 bits per heavy atom. The average molecular weight is 281 g/mol. The second-order valence-electron chi connectivity index (χ2n) is 6.15.